The highest BCUT2D eigenvalue weighted by Gasteiger charge is 2.18. The van der Waals surface area contributed by atoms with E-state index in [1.54, 1.807) is 0 Å². The molecule has 0 amide bonds. The summed E-state index contributed by atoms with van der Waals surface area (Å²) in [6.07, 6.45) is 1.02. The van der Waals surface area contributed by atoms with Gasteiger partial charge in [-0.2, -0.15) is 0 Å². The Balaban J connectivity index is 2.82. The standard InChI is InChI=1S/C13H17BrO2/c1-3-9-16-13(12(15)4-2)10-5-7-11(14)8-6-10/h5-8,13H,3-4,9H2,1-2H3. The maximum Gasteiger partial charge on any atom is 0.165 e. The second-order valence-corrected chi connectivity index (χ2v) is 4.54. The molecule has 0 radical (unpaired) electrons. The highest BCUT2D eigenvalue weighted by molar-refractivity contribution is 9.10. The SMILES string of the molecule is CCCOC(C(=O)CC)c1ccc(Br)cc1. The summed E-state index contributed by atoms with van der Waals surface area (Å²) in [5, 5.41) is 0. The fourth-order valence-electron chi connectivity index (χ4n) is 1.43. The molecule has 0 aromatic heterocycles. The number of rotatable bonds is 6. The summed E-state index contributed by atoms with van der Waals surface area (Å²) in [5.74, 6) is 0.135. The second-order valence-electron chi connectivity index (χ2n) is 3.62. The molecule has 3 heteroatoms. The number of hydrogen-bond donors (Lipinski definition) is 0. The molecule has 1 unspecified atom stereocenters. The van der Waals surface area contributed by atoms with Crippen LogP contribution in [0.1, 0.15) is 38.4 Å². The molecule has 88 valence electrons. The predicted octanol–water partition coefficient (Wildman–Crippen LogP) is 3.90. The van der Waals surface area contributed by atoms with E-state index in [2.05, 4.69) is 15.9 Å². The van der Waals surface area contributed by atoms with Crippen LogP contribution in [0.25, 0.3) is 0 Å². The highest BCUT2D eigenvalue weighted by Crippen LogP contribution is 2.22. The Morgan fingerprint density at radius 2 is 1.94 bits per heavy atom. The molecule has 0 aliphatic heterocycles. The van der Waals surface area contributed by atoms with E-state index >= 15 is 0 Å². The zero-order chi connectivity index (χ0) is 12.0. The van der Waals surface area contributed by atoms with Crippen LogP contribution in [0, 0.1) is 0 Å². The maximum atomic E-state index is 11.8. The Morgan fingerprint density at radius 3 is 2.44 bits per heavy atom. The van der Waals surface area contributed by atoms with E-state index in [-0.39, 0.29) is 5.78 Å². The molecule has 0 saturated carbocycles. The molecule has 0 fully saturated rings. The van der Waals surface area contributed by atoms with E-state index < -0.39 is 6.10 Å². The second kappa shape index (κ2) is 6.81. The first-order valence-corrected chi connectivity index (χ1v) is 6.38. The van der Waals surface area contributed by atoms with Crippen molar-refractivity contribution >= 4 is 21.7 Å². The van der Waals surface area contributed by atoms with Crippen molar-refractivity contribution < 1.29 is 9.53 Å². The summed E-state index contributed by atoms with van der Waals surface area (Å²) < 4.78 is 6.61. The normalized spacial score (nSPS) is 12.4. The van der Waals surface area contributed by atoms with E-state index in [0.717, 1.165) is 16.5 Å². The molecule has 1 rings (SSSR count). The maximum absolute atomic E-state index is 11.8. The molecule has 0 aliphatic carbocycles. The lowest BCUT2D eigenvalue weighted by Crippen LogP contribution is -2.15. The van der Waals surface area contributed by atoms with E-state index in [4.69, 9.17) is 4.74 Å². The van der Waals surface area contributed by atoms with Crippen LogP contribution >= 0.6 is 15.9 Å². The van der Waals surface area contributed by atoms with Crippen molar-refractivity contribution in [3.05, 3.63) is 34.3 Å². The predicted molar refractivity (Wildman–Crippen MR) is 68.4 cm³/mol. The Bertz CT molecular complexity index is 332. The fourth-order valence-corrected chi connectivity index (χ4v) is 1.70. The highest BCUT2D eigenvalue weighted by atomic mass is 79.9. The van der Waals surface area contributed by atoms with Crippen molar-refractivity contribution in [3.63, 3.8) is 0 Å². The zero-order valence-electron chi connectivity index (χ0n) is 9.70. The number of benzene rings is 1. The molecule has 16 heavy (non-hydrogen) atoms. The molecular formula is C13H17BrO2. The quantitative estimate of drug-likeness (QED) is 0.792. The average Bonchev–Trinajstić information content (AvgIpc) is 2.31. The Morgan fingerprint density at radius 1 is 1.31 bits per heavy atom. The van der Waals surface area contributed by atoms with Gasteiger partial charge in [-0.1, -0.05) is 41.9 Å². The topological polar surface area (TPSA) is 26.3 Å². The van der Waals surface area contributed by atoms with E-state index in [1.807, 2.05) is 38.1 Å². The van der Waals surface area contributed by atoms with Gasteiger partial charge in [-0.15, -0.1) is 0 Å². The Kier molecular flexibility index (Phi) is 5.71. The molecular weight excluding hydrogens is 268 g/mol. The third-order valence-electron chi connectivity index (χ3n) is 2.30. The molecule has 2 nitrogen and oxygen atoms in total. The molecule has 1 aromatic rings. The first kappa shape index (κ1) is 13.4. The molecule has 1 aromatic carbocycles. The van der Waals surface area contributed by atoms with Gasteiger partial charge in [-0.25, -0.2) is 0 Å². The van der Waals surface area contributed by atoms with Crippen LogP contribution in [0.2, 0.25) is 0 Å². The molecule has 0 heterocycles. The number of ether oxygens (including phenoxy) is 1. The minimum Gasteiger partial charge on any atom is -0.366 e. The van der Waals surface area contributed by atoms with E-state index in [1.165, 1.54) is 0 Å². The van der Waals surface area contributed by atoms with E-state index in [0.29, 0.717) is 13.0 Å². The number of halogens is 1. The molecule has 0 spiro atoms. The Labute approximate surface area is 105 Å². The third kappa shape index (κ3) is 3.72. The summed E-state index contributed by atoms with van der Waals surface area (Å²) in [5.41, 5.74) is 0.934. The number of ketones is 1. The van der Waals surface area contributed by atoms with Crippen molar-refractivity contribution in [2.24, 2.45) is 0 Å². The van der Waals surface area contributed by atoms with Gasteiger partial charge in [0.2, 0.25) is 0 Å². The molecule has 1 atom stereocenters. The van der Waals surface area contributed by atoms with Crippen molar-refractivity contribution in [1.29, 1.82) is 0 Å². The number of carbonyl (C=O) groups excluding carboxylic acids is 1. The monoisotopic (exact) mass is 284 g/mol. The van der Waals surface area contributed by atoms with Crippen molar-refractivity contribution in [2.45, 2.75) is 32.8 Å². The van der Waals surface area contributed by atoms with Crippen LogP contribution in [0.3, 0.4) is 0 Å². The van der Waals surface area contributed by atoms with E-state index in [9.17, 15) is 4.79 Å². The molecule has 0 aliphatic rings. The first-order chi connectivity index (χ1) is 7.69. The minimum atomic E-state index is -0.405. The van der Waals surface area contributed by atoms with Gasteiger partial charge in [0.15, 0.2) is 5.78 Å². The minimum absolute atomic E-state index is 0.135. The van der Waals surface area contributed by atoms with Gasteiger partial charge in [0.1, 0.15) is 6.10 Å². The lowest BCUT2D eigenvalue weighted by atomic mass is 10.0. The summed E-state index contributed by atoms with van der Waals surface area (Å²) >= 11 is 3.38. The molecule has 0 saturated heterocycles. The van der Waals surface area contributed by atoms with Crippen LogP contribution in [0.5, 0.6) is 0 Å². The van der Waals surface area contributed by atoms with Gasteiger partial charge in [-0.05, 0) is 24.1 Å². The van der Waals surface area contributed by atoms with Crippen LogP contribution < -0.4 is 0 Å². The summed E-state index contributed by atoms with van der Waals surface area (Å²) in [6.45, 7) is 4.52. The molecule has 0 N–H and O–H groups in total. The summed E-state index contributed by atoms with van der Waals surface area (Å²) in [6, 6.07) is 7.72. The fraction of sp³-hybridized carbons (Fsp3) is 0.462. The van der Waals surface area contributed by atoms with Gasteiger partial charge in [0.05, 0.1) is 0 Å². The number of Topliss-reactive ketones (excluding diaryl/α,β-unsaturated/α-hetero) is 1. The number of hydrogen-bond acceptors (Lipinski definition) is 2. The largest absolute Gasteiger partial charge is 0.366 e. The van der Waals surface area contributed by atoms with Crippen LogP contribution in [-0.2, 0) is 9.53 Å². The summed E-state index contributed by atoms with van der Waals surface area (Å²) in [4.78, 5) is 11.8. The van der Waals surface area contributed by atoms with Gasteiger partial charge < -0.3 is 4.74 Å². The average molecular weight is 285 g/mol. The van der Waals surface area contributed by atoms with Gasteiger partial charge in [0, 0.05) is 17.5 Å². The van der Waals surface area contributed by atoms with Crippen LogP contribution in [-0.4, -0.2) is 12.4 Å². The van der Waals surface area contributed by atoms with Crippen molar-refractivity contribution in [3.8, 4) is 0 Å². The van der Waals surface area contributed by atoms with Crippen molar-refractivity contribution in [2.75, 3.05) is 6.61 Å². The smallest absolute Gasteiger partial charge is 0.165 e. The number of carbonyl (C=O) groups is 1. The van der Waals surface area contributed by atoms with Crippen molar-refractivity contribution in [1.82, 2.24) is 0 Å². The lowest BCUT2D eigenvalue weighted by Gasteiger charge is -2.16. The van der Waals surface area contributed by atoms with Gasteiger partial charge in [-0.3, -0.25) is 4.79 Å². The lowest BCUT2D eigenvalue weighted by molar-refractivity contribution is -0.130. The summed E-state index contributed by atoms with van der Waals surface area (Å²) in [7, 11) is 0. The zero-order valence-corrected chi connectivity index (χ0v) is 11.3. The third-order valence-corrected chi connectivity index (χ3v) is 2.83. The van der Waals surface area contributed by atoms with Gasteiger partial charge >= 0.3 is 0 Å². The molecule has 0 bridgehead atoms. The van der Waals surface area contributed by atoms with Crippen LogP contribution in [0.4, 0.5) is 0 Å². The Hall–Kier alpha value is -0.670. The van der Waals surface area contributed by atoms with Gasteiger partial charge in [0.25, 0.3) is 0 Å². The van der Waals surface area contributed by atoms with Crippen LogP contribution in [0.15, 0.2) is 28.7 Å². The first-order valence-electron chi connectivity index (χ1n) is 5.58.